The molecule has 5 nitrogen and oxygen atoms in total. The molecule has 0 spiro atoms. The number of amides is 1. The second-order valence-corrected chi connectivity index (χ2v) is 5.14. The number of hydrogen-bond acceptors (Lipinski definition) is 3. The maximum absolute atomic E-state index is 12.1. The molecule has 1 aromatic carbocycles. The molecule has 0 fully saturated rings. The Morgan fingerprint density at radius 2 is 2.00 bits per heavy atom. The highest BCUT2D eigenvalue weighted by atomic mass is 16.4. The number of carboxylic acid groups (broad SMARTS) is 1. The fourth-order valence-corrected chi connectivity index (χ4v) is 2.07. The van der Waals surface area contributed by atoms with E-state index >= 15 is 0 Å². The minimum absolute atomic E-state index is 0.0186. The van der Waals surface area contributed by atoms with Crippen LogP contribution in [0.3, 0.4) is 0 Å². The molecule has 0 aromatic heterocycles. The molecule has 0 atom stereocenters. The summed E-state index contributed by atoms with van der Waals surface area (Å²) < 4.78 is 0. The van der Waals surface area contributed by atoms with Gasteiger partial charge in [0, 0.05) is 12.2 Å². The predicted molar refractivity (Wildman–Crippen MR) is 83.4 cm³/mol. The Bertz CT molecular complexity index is 512. The monoisotopic (exact) mass is 290 g/mol. The summed E-state index contributed by atoms with van der Waals surface area (Å²) in [6, 6.07) is 7.61. The third-order valence-corrected chi connectivity index (χ3v) is 2.97. The Labute approximate surface area is 125 Å². The molecule has 0 saturated carbocycles. The predicted octanol–water partition coefficient (Wildman–Crippen LogP) is 2.32. The van der Waals surface area contributed by atoms with Gasteiger partial charge >= 0.3 is 5.97 Å². The number of carbonyl (C=O) groups excluding carboxylic acids is 1. The number of aliphatic carboxylic acids is 1. The number of nitrogens with one attached hydrogen (secondary N) is 1. The Hall–Kier alpha value is -2.14. The largest absolute Gasteiger partial charge is 0.480 e. The van der Waals surface area contributed by atoms with E-state index in [0.717, 1.165) is 11.3 Å². The Kier molecular flexibility index (Phi) is 6.62. The first kappa shape index (κ1) is 16.9. The SMILES string of the molecule is C=CCN(CC(=O)O)CC(=O)Nc1ccccc1C(C)C. The number of rotatable bonds is 8. The molecule has 0 radical (unpaired) electrons. The lowest BCUT2D eigenvalue weighted by molar-refractivity contribution is -0.138. The molecule has 0 aliphatic heterocycles. The summed E-state index contributed by atoms with van der Waals surface area (Å²) in [4.78, 5) is 24.4. The van der Waals surface area contributed by atoms with Gasteiger partial charge in [-0.3, -0.25) is 14.5 Å². The van der Waals surface area contributed by atoms with Crippen molar-refractivity contribution in [3.8, 4) is 0 Å². The molecule has 114 valence electrons. The van der Waals surface area contributed by atoms with Crippen LogP contribution in [-0.2, 0) is 9.59 Å². The number of anilines is 1. The van der Waals surface area contributed by atoms with Gasteiger partial charge in [0.1, 0.15) is 0 Å². The van der Waals surface area contributed by atoms with Crippen molar-refractivity contribution in [2.24, 2.45) is 0 Å². The lowest BCUT2D eigenvalue weighted by Gasteiger charge is -2.19. The van der Waals surface area contributed by atoms with Gasteiger partial charge in [-0.05, 0) is 17.5 Å². The lowest BCUT2D eigenvalue weighted by Crippen LogP contribution is -2.37. The summed E-state index contributed by atoms with van der Waals surface area (Å²) in [6.45, 7) is 7.86. The highest BCUT2D eigenvalue weighted by Gasteiger charge is 2.14. The van der Waals surface area contributed by atoms with Gasteiger partial charge in [0.25, 0.3) is 0 Å². The minimum atomic E-state index is -0.966. The van der Waals surface area contributed by atoms with Crippen LogP contribution in [0.4, 0.5) is 5.69 Å². The Balaban J connectivity index is 2.72. The third kappa shape index (κ3) is 5.79. The van der Waals surface area contributed by atoms with Crippen molar-refractivity contribution >= 4 is 17.6 Å². The summed E-state index contributed by atoms with van der Waals surface area (Å²) in [7, 11) is 0. The van der Waals surface area contributed by atoms with E-state index in [-0.39, 0.29) is 19.0 Å². The lowest BCUT2D eigenvalue weighted by atomic mass is 10.0. The molecule has 1 rings (SSSR count). The summed E-state index contributed by atoms with van der Waals surface area (Å²) in [6.07, 6.45) is 1.58. The number of para-hydroxylation sites is 1. The van der Waals surface area contributed by atoms with E-state index < -0.39 is 5.97 Å². The summed E-state index contributed by atoms with van der Waals surface area (Å²) in [5, 5.41) is 11.7. The van der Waals surface area contributed by atoms with Crippen LogP contribution >= 0.6 is 0 Å². The van der Waals surface area contributed by atoms with Crippen molar-refractivity contribution < 1.29 is 14.7 Å². The van der Waals surface area contributed by atoms with Gasteiger partial charge in [0.15, 0.2) is 0 Å². The van der Waals surface area contributed by atoms with E-state index in [9.17, 15) is 9.59 Å². The second kappa shape index (κ2) is 8.21. The molecule has 1 amide bonds. The van der Waals surface area contributed by atoms with E-state index in [4.69, 9.17) is 5.11 Å². The van der Waals surface area contributed by atoms with Gasteiger partial charge in [0.2, 0.25) is 5.91 Å². The highest BCUT2D eigenvalue weighted by Crippen LogP contribution is 2.23. The fourth-order valence-electron chi connectivity index (χ4n) is 2.07. The van der Waals surface area contributed by atoms with Crippen LogP contribution in [0.2, 0.25) is 0 Å². The molecule has 0 aliphatic rings. The van der Waals surface area contributed by atoms with Gasteiger partial charge < -0.3 is 10.4 Å². The zero-order chi connectivity index (χ0) is 15.8. The van der Waals surface area contributed by atoms with E-state index in [2.05, 4.69) is 25.7 Å². The van der Waals surface area contributed by atoms with Crippen LogP contribution < -0.4 is 5.32 Å². The average molecular weight is 290 g/mol. The molecular weight excluding hydrogens is 268 g/mol. The van der Waals surface area contributed by atoms with E-state index in [1.54, 1.807) is 6.08 Å². The normalized spacial score (nSPS) is 10.7. The van der Waals surface area contributed by atoms with Crippen LogP contribution in [0, 0.1) is 0 Å². The number of carbonyl (C=O) groups is 2. The summed E-state index contributed by atoms with van der Waals surface area (Å²) >= 11 is 0. The Morgan fingerprint density at radius 1 is 1.33 bits per heavy atom. The van der Waals surface area contributed by atoms with Crippen molar-refractivity contribution in [3.63, 3.8) is 0 Å². The molecule has 2 N–H and O–H groups in total. The van der Waals surface area contributed by atoms with Crippen LogP contribution in [0.5, 0.6) is 0 Å². The topological polar surface area (TPSA) is 69.6 Å². The van der Waals surface area contributed by atoms with Crippen LogP contribution in [-0.4, -0.2) is 41.5 Å². The maximum Gasteiger partial charge on any atom is 0.317 e. The van der Waals surface area contributed by atoms with Crippen molar-refractivity contribution in [1.82, 2.24) is 4.90 Å². The average Bonchev–Trinajstić information content (AvgIpc) is 2.38. The standard InChI is InChI=1S/C16H22N2O3/c1-4-9-18(11-16(20)21)10-15(19)17-14-8-6-5-7-13(14)12(2)3/h4-8,12H,1,9-11H2,2-3H3,(H,17,19)(H,20,21). The van der Waals surface area contributed by atoms with Crippen molar-refractivity contribution in [3.05, 3.63) is 42.5 Å². The fraction of sp³-hybridized carbons (Fsp3) is 0.375. The van der Waals surface area contributed by atoms with Crippen LogP contribution in [0.15, 0.2) is 36.9 Å². The number of hydrogen-bond donors (Lipinski definition) is 2. The highest BCUT2D eigenvalue weighted by molar-refractivity contribution is 5.93. The first-order chi connectivity index (χ1) is 9.93. The molecule has 0 aliphatic carbocycles. The number of nitrogens with zero attached hydrogens (tertiary/aromatic N) is 1. The van der Waals surface area contributed by atoms with E-state index in [0.29, 0.717) is 12.5 Å². The maximum atomic E-state index is 12.1. The quantitative estimate of drug-likeness (QED) is 0.721. The van der Waals surface area contributed by atoms with Gasteiger partial charge in [-0.15, -0.1) is 6.58 Å². The van der Waals surface area contributed by atoms with Crippen molar-refractivity contribution in [2.45, 2.75) is 19.8 Å². The zero-order valence-corrected chi connectivity index (χ0v) is 12.5. The van der Waals surface area contributed by atoms with Crippen molar-refractivity contribution in [2.75, 3.05) is 25.0 Å². The third-order valence-electron chi connectivity index (χ3n) is 2.97. The Morgan fingerprint density at radius 3 is 2.57 bits per heavy atom. The minimum Gasteiger partial charge on any atom is -0.480 e. The van der Waals surface area contributed by atoms with Crippen LogP contribution in [0.1, 0.15) is 25.3 Å². The number of carboxylic acids is 1. The zero-order valence-electron chi connectivity index (χ0n) is 12.5. The van der Waals surface area contributed by atoms with Gasteiger partial charge in [-0.1, -0.05) is 38.1 Å². The molecule has 0 saturated heterocycles. The van der Waals surface area contributed by atoms with E-state index in [1.807, 2.05) is 24.3 Å². The molecule has 1 aromatic rings. The molecule has 0 bridgehead atoms. The molecule has 21 heavy (non-hydrogen) atoms. The van der Waals surface area contributed by atoms with Crippen molar-refractivity contribution in [1.29, 1.82) is 0 Å². The van der Waals surface area contributed by atoms with Crippen LogP contribution in [0.25, 0.3) is 0 Å². The van der Waals surface area contributed by atoms with Gasteiger partial charge in [-0.25, -0.2) is 0 Å². The summed E-state index contributed by atoms with van der Waals surface area (Å²) in [5.74, 6) is -0.900. The summed E-state index contributed by atoms with van der Waals surface area (Å²) in [5.41, 5.74) is 1.82. The smallest absolute Gasteiger partial charge is 0.317 e. The van der Waals surface area contributed by atoms with Gasteiger partial charge in [0.05, 0.1) is 13.1 Å². The molecule has 0 unspecified atom stereocenters. The molecular formula is C16H22N2O3. The van der Waals surface area contributed by atoms with Gasteiger partial charge in [-0.2, -0.15) is 0 Å². The first-order valence-corrected chi connectivity index (χ1v) is 6.87. The molecule has 0 heterocycles. The first-order valence-electron chi connectivity index (χ1n) is 6.87. The molecule has 5 heteroatoms. The number of benzene rings is 1. The second-order valence-electron chi connectivity index (χ2n) is 5.14. The van der Waals surface area contributed by atoms with E-state index in [1.165, 1.54) is 4.90 Å².